The van der Waals surface area contributed by atoms with Gasteiger partial charge in [-0.25, -0.2) is 14.5 Å². The maximum atomic E-state index is 10.8. The van der Waals surface area contributed by atoms with Crippen LogP contribution in [0.2, 0.25) is 0 Å². The third-order valence-corrected chi connectivity index (χ3v) is 5.57. The average Bonchev–Trinajstić information content (AvgIpc) is 3.42. The van der Waals surface area contributed by atoms with Gasteiger partial charge in [0.25, 0.3) is 5.69 Å². The van der Waals surface area contributed by atoms with Gasteiger partial charge >= 0.3 is 0 Å². The zero-order chi connectivity index (χ0) is 20.0. The largest absolute Gasteiger partial charge is 0.332 e. The Balaban J connectivity index is 1.42. The van der Waals surface area contributed by atoms with Gasteiger partial charge in [-0.15, -0.1) is 0 Å². The predicted octanol–water partition coefficient (Wildman–Crippen LogP) is 4.43. The molecule has 0 aliphatic carbocycles. The van der Waals surface area contributed by atoms with E-state index < -0.39 is 4.92 Å². The van der Waals surface area contributed by atoms with Gasteiger partial charge in [0.1, 0.15) is 0 Å². The normalized spacial score (nSPS) is 11.2. The fraction of sp³-hybridized carbons (Fsp3) is 0.0500. The van der Waals surface area contributed by atoms with Crippen molar-refractivity contribution in [2.45, 2.75) is 0 Å². The van der Waals surface area contributed by atoms with Crippen molar-refractivity contribution in [1.29, 1.82) is 0 Å². The number of fused-ring (bicyclic) bond motifs is 1. The summed E-state index contributed by atoms with van der Waals surface area (Å²) in [5, 5.41) is 16.2. The second kappa shape index (κ2) is 6.64. The lowest BCUT2D eigenvalue weighted by atomic mass is 10.0. The molecule has 0 saturated heterocycles. The van der Waals surface area contributed by atoms with Gasteiger partial charge in [0.2, 0.25) is 4.96 Å². The molecule has 0 unspecified atom stereocenters. The highest BCUT2D eigenvalue weighted by atomic mass is 32.1. The number of hydrogen-bond donors (Lipinski definition) is 0. The molecule has 0 radical (unpaired) electrons. The summed E-state index contributed by atoms with van der Waals surface area (Å²) in [5.41, 5.74) is 3.81. The summed E-state index contributed by atoms with van der Waals surface area (Å²) in [6, 6.07) is 14.5. The summed E-state index contributed by atoms with van der Waals surface area (Å²) in [4.78, 5) is 20.2. The molecule has 0 aliphatic heterocycles. The Morgan fingerprint density at radius 1 is 1.00 bits per heavy atom. The lowest BCUT2D eigenvalue weighted by Crippen LogP contribution is -1.91. The van der Waals surface area contributed by atoms with Gasteiger partial charge in [-0.1, -0.05) is 35.6 Å². The lowest BCUT2D eigenvalue weighted by molar-refractivity contribution is -0.384. The number of non-ortho nitro benzene ring substituents is 1. The lowest BCUT2D eigenvalue weighted by Gasteiger charge is -2.03. The maximum absolute atomic E-state index is 10.8. The third-order valence-electron chi connectivity index (χ3n) is 4.65. The van der Waals surface area contributed by atoms with Gasteiger partial charge < -0.3 is 4.57 Å². The molecule has 5 aromatic rings. The minimum absolute atomic E-state index is 0.0841. The van der Waals surface area contributed by atoms with E-state index in [0.29, 0.717) is 0 Å². The van der Waals surface area contributed by atoms with Crippen LogP contribution in [0.25, 0.3) is 38.2 Å². The van der Waals surface area contributed by atoms with Crippen molar-refractivity contribution in [3.63, 3.8) is 0 Å². The highest BCUT2D eigenvalue weighted by Gasteiger charge is 2.14. The first-order chi connectivity index (χ1) is 14.1. The van der Waals surface area contributed by atoms with Crippen LogP contribution in [0.3, 0.4) is 0 Å². The first-order valence-electron chi connectivity index (χ1n) is 8.78. The van der Waals surface area contributed by atoms with Crippen molar-refractivity contribution in [3.05, 3.63) is 77.2 Å². The van der Waals surface area contributed by atoms with Gasteiger partial charge in [0.15, 0.2) is 10.8 Å². The number of nitro benzene ring substituents is 1. The Hall–Kier alpha value is -3.85. The number of hydrogen-bond acceptors (Lipinski definition) is 6. The topological polar surface area (TPSA) is 91.2 Å². The molecule has 3 heterocycles. The number of imidazole rings is 2. The van der Waals surface area contributed by atoms with Crippen LogP contribution in [0, 0.1) is 10.1 Å². The minimum atomic E-state index is -0.398. The van der Waals surface area contributed by atoms with Crippen molar-refractivity contribution >= 4 is 22.0 Å². The zero-order valence-corrected chi connectivity index (χ0v) is 16.1. The molecule has 3 aromatic heterocycles. The summed E-state index contributed by atoms with van der Waals surface area (Å²) >= 11 is 1.49. The van der Waals surface area contributed by atoms with E-state index in [1.165, 1.54) is 23.5 Å². The van der Waals surface area contributed by atoms with Crippen molar-refractivity contribution < 1.29 is 4.92 Å². The van der Waals surface area contributed by atoms with Gasteiger partial charge in [-0.2, -0.15) is 5.10 Å². The molecule has 0 fully saturated rings. The molecule has 0 spiro atoms. The Bertz CT molecular complexity index is 1300. The van der Waals surface area contributed by atoms with Crippen LogP contribution in [0.5, 0.6) is 0 Å². The first-order valence-corrected chi connectivity index (χ1v) is 9.59. The van der Waals surface area contributed by atoms with E-state index in [1.807, 2.05) is 48.3 Å². The number of aromatic nitrogens is 5. The highest BCUT2D eigenvalue weighted by Crippen LogP contribution is 2.29. The molecular formula is C20H14N6O2S. The average molecular weight is 402 g/mol. The summed E-state index contributed by atoms with van der Waals surface area (Å²) < 4.78 is 3.70. The van der Waals surface area contributed by atoms with E-state index in [-0.39, 0.29) is 5.69 Å². The Morgan fingerprint density at radius 2 is 1.66 bits per heavy atom. The molecule has 142 valence electrons. The summed E-state index contributed by atoms with van der Waals surface area (Å²) in [6.07, 6.45) is 5.54. The van der Waals surface area contributed by atoms with Crippen LogP contribution in [-0.4, -0.2) is 29.1 Å². The molecule has 5 rings (SSSR count). The van der Waals surface area contributed by atoms with Gasteiger partial charge in [-0.05, 0) is 23.3 Å². The minimum Gasteiger partial charge on any atom is -0.332 e. The molecule has 0 N–H and O–H groups in total. The van der Waals surface area contributed by atoms with Crippen molar-refractivity contribution in [3.8, 4) is 33.2 Å². The Kier molecular flexibility index (Phi) is 3.95. The van der Waals surface area contributed by atoms with Crippen molar-refractivity contribution in [2.24, 2.45) is 7.05 Å². The predicted molar refractivity (Wildman–Crippen MR) is 111 cm³/mol. The molecule has 8 nitrogen and oxygen atoms in total. The van der Waals surface area contributed by atoms with Crippen LogP contribution in [0.1, 0.15) is 0 Å². The molecule has 0 saturated carbocycles. The maximum Gasteiger partial charge on any atom is 0.269 e. The van der Waals surface area contributed by atoms with Crippen LogP contribution < -0.4 is 0 Å². The fourth-order valence-corrected chi connectivity index (χ4v) is 4.03. The standard InChI is InChI=1S/C20H14N6O2S/c1-24-11-10-21-18(24)19-23-25-12-17(22-20(25)29-19)15-4-2-13(3-5-15)14-6-8-16(9-7-14)26(27)28/h2-12H,1H3. The van der Waals surface area contributed by atoms with E-state index in [1.54, 1.807) is 22.8 Å². The molecule has 9 heteroatoms. The number of rotatable bonds is 4. The van der Waals surface area contributed by atoms with Crippen LogP contribution >= 0.6 is 11.3 Å². The van der Waals surface area contributed by atoms with Crippen molar-refractivity contribution in [1.82, 2.24) is 24.1 Å². The van der Waals surface area contributed by atoms with Gasteiger partial charge in [-0.3, -0.25) is 10.1 Å². The summed E-state index contributed by atoms with van der Waals surface area (Å²) in [6.45, 7) is 0. The SMILES string of the molecule is Cn1ccnc1-c1nn2cc(-c3ccc(-c4ccc([N+](=O)[O-])cc4)cc3)nc2s1. The molecular weight excluding hydrogens is 388 g/mol. The third kappa shape index (κ3) is 3.07. The van der Waals surface area contributed by atoms with Gasteiger partial charge in [0.05, 0.1) is 16.8 Å². The van der Waals surface area contributed by atoms with E-state index in [9.17, 15) is 10.1 Å². The highest BCUT2D eigenvalue weighted by molar-refractivity contribution is 7.19. The number of nitro groups is 1. The first kappa shape index (κ1) is 17.3. The monoisotopic (exact) mass is 402 g/mol. The van der Waals surface area contributed by atoms with E-state index in [0.717, 1.165) is 38.2 Å². The smallest absolute Gasteiger partial charge is 0.269 e. The summed E-state index contributed by atoms with van der Waals surface area (Å²) in [7, 11) is 1.93. The Morgan fingerprint density at radius 3 is 2.24 bits per heavy atom. The molecule has 29 heavy (non-hydrogen) atoms. The molecule has 2 aromatic carbocycles. The fourth-order valence-electron chi connectivity index (χ4n) is 3.11. The van der Waals surface area contributed by atoms with Gasteiger partial charge in [0, 0.05) is 37.1 Å². The number of aryl methyl sites for hydroxylation is 1. The molecule has 0 atom stereocenters. The van der Waals surface area contributed by atoms with Crippen molar-refractivity contribution in [2.75, 3.05) is 0 Å². The Labute approximate surface area is 168 Å². The van der Waals surface area contributed by atoms with Crippen LogP contribution in [-0.2, 0) is 7.05 Å². The second-order valence-corrected chi connectivity index (χ2v) is 7.46. The van der Waals surface area contributed by atoms with Crippen LogP contribution in [0.15, 0.2) is 67.1 Å². The zero-order valence-electron chi connectivity index (χ0n) is 15.3. The van der Waals surface area contributed by atoms with E-state index >= 15 is 0 Å². The molecule has 0 bridgehead atoms. The second-order valence-electron chi connectivity index (χ2n) is 6.50. The van der Waals surface area contributed by atoms with E-state index in [2.05, 4.69) is 15.1 Å². The molecule has 0 amide bonds. The number of benzene rings is 2. The molecule has 0 aliphatic rings. The van der Waals surface area contributed by atoms with Crippen LogP contribution in [0.4, 0.5) is 5.69 Å². The quantitative estimate of drug-likeness (QED) is 0.327. The summed E-state index contributed by atoms with van der Waals surface area (Å²) in [5.74, 6) is 0.814. The van der Waals surface area contributed by atoms with E-state index in [4.69, 9.17) is 0 Å². The number of nitrogens with zero attached hydrogens (tertiary/aromatic N) is 6.